The minimum absolute atomic E-state index is 0.00814. The van der Waals surface area contributed by atoms with Crippen molar-refractivity contribution < 1.29 is 9.53 Å². The lowest BCUT2D eigenvalue weighted by Gasteiger charge is -2.07. The quantitative estimate of drug-likeness (QED) is 0.913. The Morgan fingerprint density at radius 2 is 2.32 bits per heavy atom. The molecule has 1 aromatic heterocycles. The molecule has 0 aliphatic heterocycles. The van der Waals surface area contributed by atoms with Gasteiger partial charge in [0.25, 0.3) is 5.91 Å². The molecule has 0 atom stereocenters. The van der Waals surface area contributed by atoms with Crippen LogP contribution >= 0.6 is 11.3 Å². The molecule has 4 nitrogen and oxygen atoms in total. The van der Waals surface area contributed by atoms with E-state index in [2.05, 4.69) is 17.2 Å². The van der Waals surface area contributed by atoms with Crippen molar-refractivity contribution in [1.29, 1.82) is 0 Å². The summed E-state index contributed by atoms with van der Waals surface area (Å²) in [5.74, 6) is 0.515. The van der Waals surface area contributed by atoms with E-state index in [0.29, 0.717) is 10.9 Å². The molecule has 1 heterocycles. The predicted octanol–water partition coefficient (Wildman–Crippen LogP) is 3.03. The number of ether oxygens (including phenoxy) is 1. The van der Waals surface area contributed by atoms with E-state index < -0.39 is 0 Å². The minimum Gasteiger partial charge on any atom is -0.484 e. The van der Waals surface area contributed by atoms with Crippen LogP contribution in [-0.2, 0) is 11.2 Å². The highest BCUT2D eigenvalue weighted by atomic mass is 32.1. The van der Waals surface area contributed by atoms with Gasteiger partial charge in [0, 0.05) is 5.38 Å². The van der Waals surface area contributed by atoms with Gasteiger partial charge in [-0.2, -0.15) is 0 Å². The standard InChI is InChI=1S/C14H16N2O2S/c1-3-11-5-4-6-12(7-11)18-8-13(17)16-14-15-10(2)9-19-14/h4-7,9H,3,8H2,1-2H3,(H,15,16,17). The Hall–Kier alpha value is -1.88. The fourth-order valence-corrected chi connectivity index (χ4v) is 2.28. The monoisotopic (exact) mass is 276 g/mol. The predicted molar refractivity (Wildman–Crippen MR) is 76.8 cm³/mol. The molecule has 5 heteroatoms. The van der Waals surface area contributed by atoms with Gasteiger partial charge in [-0.05, 0) is 31.0 Å². The van der Waals surface area contributed by atoms with Crippen molar-refractivity contribution >= 4 is 22.4 Å². The number of hydrogen-bond donors (Lipinski definition) is 1. The average molecular weight is 276 g/mol. The van der Waals surface area contributed by atoms with Crippen LogP contribution in [0.1, 0.15) is 18.2 Å². The van der Waals surface area contributed by atoms with Crippen LogP contribution in [-0.4, -0.2) is 17.5 Å². The first kappa shape index (κ1) is 13.5. The van der Waals surface area contributed by atoms with Crippen molar-refractivity contribution in [3.05, 3.63) is 40.9 Å². The molecule has 0 spiro atoms. The number of nitrogens with zero attached hydrogens (tertiary/aromatic N) is 1. The number of aryl methyl sites for hydroxylation is 2. The van der Waals surface area contributed by atoms with Crippen molar-refractivity contribution in [2.24, 2.45) is 0 Å². The summed E-state index contributed by atoms with van der Waals surface area (Å²) in [5, 5.41) is 5.20. The summed E-state index contributed by atoms with van der Waals surface area (Å²) in [6.07, 6.45) is 0.946. The molecule has 0 saturated carbocycles. The molecular weight excluding hydrogens is 260 g/mol. The van der Waals surface area contributed by atoms with Gasteiger partial charge >= 0.3 is 0 Å². The summed E-state index contributed by atoms with van der Waals surface area (Å²) >= 11 is 1.41. The SMILES string of the molecule is CCc1cccc(OCC(=O)Nc2nc(C)cs2)c1. The van der Waals surface area contributed by atoms with Crippen molar-refractivity contribution in [2.75, 3.05) is 11.9 Å². The van der Waals surface area contributed by atoms with Gasteiger partial charge in [-0.25, -0.2) is 4.98 Å². The fourth-order valence-electron chi connectivity index (χ4n) is 1.57. The van der Waals surface area contributed by atoms with Crippen LogP contribution in [0.4, 0.5) is 5.13 Å². The highest BCUT2D eigenvalue weighted by Gasteiger charge is 2.06. The molecule has 2 rings (SSSR count). The lowest BCUT2D eigenvalue weighted by molar-refractivity contribution is -0.118. The van der Waals surface area contributed by atoms with Gasteiger partial charge in [0.05, 0.1) is 5.69 Å². The zero-order valence-electron chi connectivity index (χ0n) is 11.0. The molecule has 0 aliphatic rings. The number of amides is 1. The van der Waals surface area contributed by atoms with Crippen molar-refractivity contribution in [3.8, 4) is 5.75 Å². The second kappa shape index (κ2) is 6.33. The molecule has 1 aromatic carbocycles. The van der Waals surface area contributed by atoms with E-state index in [4.69, 9.17) is 4.74 Å². The first-order chi connectivity index (χ1) is 9.17. The smallest absolute Gasteiger partial charge is 0.264 e. The van der Waals surface area contributed by atoms with Gasteiger partial charge in [0.1, 0.15) is 5.75 Å². The van der Waals surface area contributed by atoms with E-state index in [1.54, 1.807) is 0 Å². The molecule has 0 unspecified atom stereocenters. The first-order valence-electron chi connectivity index (χ1n) is 6.11. The molecule has 0 radical (unpaired) electrons. The van der Waals surface area contributed by atoms with E-state index in [9.17, 15) is 4.79 Å². The summed E-state index contributed by atoms with van der Waals surface area (Å²) < 4.78 is 5.45. The van der Waals surface area contributed by atoms with Crippen molar-refractivity contribution in [2.45, 2.75) is 20.3 Å². The molecule has 19 heavy (non-hydrogen) atoms. The summed E-state index contributed by atoms with van der Waals surface area (Å²) in [5.41, 5.74) is 2.09. The summed E-state index contributed by atoms with van der Waals surface area (Å²) in [6.45, 7) is 3.96. The maximum Gasteiger partial charge on any atom is 0.264 e. The Morgan fingerprint density at radius 3 is 3.00 bits per heavy atom. The Bertz CT molecular complexity index is 566. The summed E-state index contributed by atoms with van der Waals surface area (Å²) in [7, 11) is 0. The summed E-state index contributed by atoms with van der Waals surface area (Å²) in [6, 6.07) is 7.75. The number of anilines is 1. The zero-order chi connectivity index (χ0) is 13.7. The molecular formula is C14H16N2O2S. The third-order valence-electron chi connectivity index (χ3n) is 2.54. The molecule has 0 saturated heterocycles. The lowest BCUT2D eigenvalue weighted by atomic mass is 10.2. The van der Waals surface area contributed by atoms with Gasteiger partial charge in [-0.1, -0.05) is 19.1 Å². The van der Waals surface area contributed by atoms with E-state index in [-0.39, 0.29) is 12.5 Å². The second-order valence-electron chi connectivity index (χ2n) is 4.13. The van der Waals surface area contributed by atoms with Gasteiger partial charge in [-0.3, -0.25) is 10.1 Å². The Labute approximate surface area is 116 Å². The van der Waals surface area contributed by atoms with Crippen LogP contribution in [0.2, 0.25) is 0 Å². The highest BCUT2D eigenvalue weighted by molar-refractivity contribution is 7.13. The average Bonchev–Trinajstić information content (AvgIpc) is 2.82. The summed E-state index contributed by atoms with van der Waals surface area (Å²) in [4.78, 5) is 15.8. The molecule has 100 valence electrons. The van der Waals surface area contributed by atoms with Gasteiger partial charge in [0.15, 0.2) is 11.7 Å². The maximum atomic E-state index is 11.7. The van der Waals surface area contributed by atoms with Gasteiger partial charge < -0.3 is 4.74 Å². The largest absolute Gasteiger partial charge is 0.484 e. The van der Waals surface area contributed by atoms with Crippen LogP contribution in [0.15, 0.2) is 29.6 Å². The van der Waals surface area contributed by atoms with Crippen LogP contribution in [0.5, 0.6) is 5.75 Å². The van der Waals surface area contributed by atoms with E-state index in [1.165, 1.54) is 16.9 Å². The Balaban J connectivity index is 1.86. The number of benzene rings is 1. The number of hydrogen-bond acceptors (Lipinski definition) is 4. The minimum atomic E-state index is -0.198. The lowest BCUT2D eigenvalue weighted by Crippen LogP contribution is -2.20. The third kappa shape index (κ3) is 4.06. The van der Waals surface area contributed by atoms with Gasteiger partial charge in [-0.15, -0.1) is 11.3 Å². The first-order valence-corrected chi connectivity index (χ1v) is 6.99. The van der Waals surface area contributed by atoms with Crippen molar-refractivity contribution in [3.63, 3.8) is 0 Å². The number of carbonyl (C=O) groups is 1. The third-order valence-corrected chi connectivity index (χ3v) is 3.42. The number of aromatic nitrogens is 1. The van der Waals surface area contributed by atoms with Crippen LogP contribution in [0.25, 0.3) is 0 Å². The Kier molecular flexibility index (Phi) is 4.52. The molecule has 1 amide bonds. The zero-order valence-corrected chi connectivity index (χ0v) is 11.8. The number of nitrogens with one attached hydrogen (secondary N) is 1. The van der Waals surface area contributed by atoms with Crippen LogP contribution in [0, 0.1) is 6.92 Å². The Morgan fingerprint density at radius 1 is 1.47 bits per heavy atom. The highest BCUT2D eigenvalue weighted by Crippen LogP contribution is 2.15. The molecule has 1 N–H and O–H groups in total. The fraction of sp³-hybridized carbons (Fsp3) is 0.286. The van der Waals surface area contributed by atoms with E-state index >= 15 is 0 Å². The topological polar surface area (TPSA) is 51.2 Å². The number of rotatable bonds is 5. The second-order valence-corrected chi connectivity index (χ2v) is 4.99. The van der Waals surface area contributed by atoms with Gasteiger partial charge in [0.2, 0.25) is 0 Å². The number of thiazole rings is 1. The molecule has 2 aromatic rings. The maximum absolute atomic E-state index is 11.7. The van der Waals surface area contributed by atoms with Crippen LogP contribution < -0.4 is 10.1 Å². The van der Waals surface area contributed by atoms with E-state index in [0.717, 1.165) is 12.1 Å². The number of carbonyl (C=O) groups excluding carboxylic acids is 1. The molecule has 0 bridgehead atoms. The normalized spacial score (nSPS) is 10.2. The van der Waals surface area contributed by atoms with Crippen LogP contribution in [0.3, 0.4) is 0 Å². The molecule has 0 aliphatic carbocycles. The van der Waals surface area contributed by atoms with E-state index in [1.807, 2.05) is 36.6 Å². The van der Waals surface area contributed by atoms with Crippen molar-refractivity contribution in [1.82, 2.24) is 4.98 Å². The molecule has 0 fully saturated rings.